The minimum Gasteiger partial charge on any atom is -0.340 e. The van der Waals surface area contributed by atoms with E-state index in [2.05, 4.69) is 10.3 Å². The average molecular weight is 293 g/mol. The van der Waals surface area contributed by atoms with Crippen LogP contribution in [0.3, 0.4) is 0 Å². The molecule has 1 aliphatic heterocycles. The number of carbonyl (C=O) groups is 2. The second-order valence-corrected chi connectivity index (χ2v) is 7.15. The minimum atomic E-state index is -0.825. The van der Waals surface area contributed by atoms with E-state index in [1.54, 1.807) is 30.1 Å². The number of aryl methyl sites for hydroxylation is 1. The molecule has 1 aliphatic carbocycles. The second-order valence-electron chi connectivity index (χ2n) is 6.21. The summed E-state index contributed by atoms with van der Waals surface area (Å²) in [6.45, 7) is 5.90. The zero-order valence-corrected chi connectivity index (χ0v) is 12.8. The van der Waals surface area contributed by atoms with Gasteiger partial charge in [-0.25, -0.2) is 4.98 Å². The van der Waals surface area contributed by atoms with Crippen molar-refractivity contribution in [3.05, 3.63) is 16.1 Å². The van der Waals surface area contributed by atoms with Crippen LogP contribution < -0.4 is 5.32 Å². The third kappa shape index (κ3) is 2.32. The molecule has 1 atom stereocenters. The van der Waals surface area contributed by atoms with Crippen LogP contribution in [0.5, 0.6) is 0 Å². The topological polar surface area (TPSA) is 62.3 Å². The van der Waals surface area contributed by atoms with Gasteiger partial charge in [0.2, 0.25) is 11.8 Å². The Bertz CT molecular complexity index is 563. The molecule has 2 amide bonds. The number of piperazine rings is 1. The lowest BCUT2D eigenvalue weighted by atomic mass is 9.95. The zero-order chi connectivity index (χ0) is 14.5. The maximum atomic E-state index is 12.6. The van der Waals surface area contributed by atoms with Crippen molar-refractivity contribution >= 4 is 23.2 Å². The van der Waals surface area contributed by atoms with Crippen LogP contribution in [0.4, 0.5) is 0 Å². The van der Waals surface area contributed by atoms with Crippen molar-refractivity contribution in [1.29, 1.82) is 0 Å². The Hall–Kier alpha value is -1.43. The Morgan fingerprint density at radius 2 is 2.15 bits per heavy atom. The van der Waals surface area contributed by atoms with Gasteiger partial charge in [-0.1, -0.05) is 0 Å². The minimum absolute atomic E-state index is 0.0122. The van der Waals surface area contributed by atoms with Crippen LogP contribution in [0, 0.1) is 12.8 Å². The Kier molecular flexibility index (Phi) is 3.08. The number of hydrogen-bond donors (Lipinski definition) is 1. The van der Waals surface area contributed by atoms with Gasteiger partial charge in [-0.15, -0.1) is 11.3 Å². The summed E-state index contributed by atoms with van der Waals surface area (Å²) in [5, 5.41) is 5.72. The smallest absolute Gasteiger partial charge is 0.248 e. The first-order valence-electron chi connectivity index (χ1n) is 6.92. The van der Waals surface area contributed by atoms with E-state index in [4.69, 9.17) is 0 Å². The molecule has 0 spiro atoms. The quantitative estimate of drug-likeness (QED) is 0.918. The summed E-state index contributed by atoms with van der Waals surface area (Å²) < 4.78 is 0. The number of nitrogens with zero attached hydrogens (tertiary/aromatic N) is 2. The maximum Gasteiger partial charge on any atom is 0.248 e. The summed E-state index contributed by atoms with van der Waals surface area (Å²) in [7, 11) is 0. The number of aromatic nitrogens is 1. The predicted octanol–water partition coefficient (Wildman–Crippen LogP) is 1.47. The number of amides is 2. The van der Waals surface area contributed by atoms with E-state index in [-0.39, 0.29) is 17.9 Å². The normalized spacial score (nSPS) is 25.8. The largest absolute Gasteiger partial charge is 0.340 e. The van der Waals surface area contributed by atoms with Crippen LogP contribution in [-0.2, 0) is 16.1 Å². The number of carbonyl (C=O) groups excluding carboxylic acids is 2. The molecule has 6 heteroatoms. The first-order valence-corrected chi connectivity index (χ1v) is 7.80. The summed E-state index contributed by atoms with van der Waals surface area (Å²) in [4.78, 5) is 31.1. The van der Waals surface area contributed by atoms with E-state index in [9.17, 15) is 9.59 Å². The van der Waals surface area contributed by atoms with Gasteiger partial charge < -0.3 is 10.2 Å². The van der Waals surface area contributed by atoms with Crippen molar-refractivity contribution in [3.8, 4) is 0 Å². The van der Waals surface area contributed by atoms with Gasteiger partial charge in [0.1, 0.15) is 16.6 Å². The fourth-order valence-electron chi connectivity index (χ4n) is 2.73. The fourth-order valence-corrected chi connectivity index (χ4v) is 3.50. The summed E-state index contributed by atoms with van der Waals surface area (Å²) in [5.41, 5.74) is 0.135. The number of thiazole rings is 1. The van der Waals surface area contributed by atoms with Gasteiger partial charge in [0.15, 0.2) is 0 Å². The zero-order valence-electron chi connectivity index (χ0n) is 12.0. The van der Waals surface area contributed by atoms with Gasteiger partial charge in [-0.05, 0) is 39.5 Å². The molecule has 1 aromatic rings. The maximum absolute atomic E-state index is 12.6. The third-order valence-electron chi connectivity index (χ3n) is 3.88. The molecule has 1 N–H and O–H groups in total. The van der Waals surface area contributed by atoms with Gasteiger partial charge in [0.05, 0.1) is 6.54 Å². The summed E-state index contributed by atoms with van der Waals surface area (Å²) >= 11 is 1.54. The standard InChI is InChI=1S/C14H19N3O2S/c1-8-7-20-10(15-8)6-17-11(9-4-5-9)12(18)16-14(2,3)13(17)19/h7,9,11H,4-6H2,1-3H3,(H,16,18). The van der Waals surface area contributed by atoms with Crippen LogP contribution in [0.15, 0.2) is 5.38 Å². The van der Waals surface area contributed by atoms with Gasteiger partial charge in [-0.3, -0.25) is 9.59 Å². The molecular formula is C14H19N3O2S. The van der Waals surface area contributed by atoms with Crippen molar-refractivity contribution in [2.24, 2.45) is 5.92 Å². The molecule has 1 unspecified atom stereocenters. The molecule has 1 saturated heterocycles. The predicted molar refractivity (Wildman–Crippen MR) is 76.1 cm³/mol. The Morgan fingerprint density at radius 3 is 2.70 bits per heavy atom. The van der Waals surface area contributed by atoms with Crippen molar-refractivity contribution in [3.63, 3.8) is 0 Å². The summed E-state index contributed by atoms with van der Waals surface area (Å²) in [6.07, 6.45) is 2.05. The molecule has 0 aromatic carbocycles. The number of hydrogen-bond acceptors (Lipinski definition) is 4. The Labute approximate surface area is 122 Å². The first-order chi connectivity index (χ1) is 9.38. The molecule has 2 aliphatic rings. The van der Waals surface area contributed by atoms with Crippen molar-refractivity contribution < 1.29 is 9.59 Å². The van der Waals surface area contributed by atoms with Crippen molar-refractivity contribution in [2.75, 3.05) is 0 Å². The molecule has 1 aromatic heterocycles. The highest BCUT2D eigenvalue weighted by atomic mass is 32.1. The molecule has 1 saturated carbocycles. The average Bonchev–Trinajstić information content (AvgIpc) is 3.09. The first kappa shape index (κ1) is 13.5. The van der Waals surface area contributed by atoms with Crippen LogP contribution >= 0.6 is 11.3 Å². The monoisotopic (exact) mass is 293 g/mol. The van der Waals surface area contributed by atoms with E-state index in [1.807, 2.05) is 12.3 Å². The molecule has 3 rings (SSSR count). The Morgan fingerprint density at radius 1 is 1.45 bits per heavy atom. The van der Waals surface area contributed by atoms with Gasteiger partial charge >= 0.3 is 0 Å². The van der Waals surface area contributed by atoms with Gasteiger partial charge in [0.25, 0.3) is 0 Å². The van der Waals surface area contributed by atoms with Gasteiger partial charge in [-0.2, -0.15) is 0 Å². The highest BCUT2D eigenvalue weighted by Crippen LogP contribution is 2.38. The fraction of sp³-hybridized carbons (Fsp3) is 0.643. The molecular weight excluding hydrogens is 274 g/mol. The van der Waals surface area contributed by atoms with E-state index in [0.717, 1.165) is 23.5 Å². The van der Waals surface area contributed by atoms with Crippen LogP contribution in [-0.4, -0.2) is 33.3 Å². The lowest BCUT2D eigenvalue weighted by molar-refractivity contribution is -0.155. The lowest BCUT2D eigenvalue weighted by Gasteiger charge is -2.42. The molecule has 5 nitrogen and oxygen atoms in total. The molecule has 2 heterocycles. The van der Waals surface area contributed by atoms with Gasteiger partial charge in [0, 0.05) is 11.1 Å². The van der Waals surface area contributed by atoms with Crippen LogP contribution in [0.25, 0.3) is 0 Å². The molecule has 0 radical (unpaired) electrons. The SMILES string of the molecule is Cc1csc(CN2C(=O)C(C)(C)NC(=O)C2C2CC2)n1. The summed E-state index contributed by atoms with van der Waals surface area (Å²) in [6, 6.07) is -0.320. The van der Waals surface area contributed by atoms with Crippen LogP contribution in [0.2, 0.25) is 0 Å². The molecule has 20 heavy (non-hydrogen) atoms. The second kappa shape index (κ2) is 4.55. The van der Waals surface area contributed by atoms with E-state index < -0.39 is 5.54 Å². The van der Waals surface area contributed by atoms with E-state index >= 15 is 0 Å². The Balaban J connectivity index is 1.89. The highest BCUT2D eigenvalue weighted by Gasteiger charge is 2.50. The van der Waals surface area contributed by atoms with Crippen molar-refractivity contribution in [2.45, 2.75) is 51.7 Å². The van der Waals surface area contributed by atoms with Crippen molar-refractivity contribution in [1.82, 2.24) is 15.2 Å². The lowest BCUT2D eigenvalue weighted by Crippen LogP contribution is -2.68. The van der Waals surface area contributed by atoms with E-state index in [1.165, 1.54) is 0 Å². The summed E-state index contributed by atoms with van der Waals surface area (Å²) in [5.74, 6) is 0.281. The molecule has 0 bridgehead atoms. The number of nitrogens with one attached hydrogen (secondary N) is 1. The van der Waals surface area contributed by atoms with E-state index in [0.29, 0.717) is 12.5 Å². The molecule has 108 valence electrons. The third-order valence-corrected chi connectivity index (χ3v) is 4.83. The number of rotatable bonds is 3. The molecule has 2 fully saturated rings. The van der Waals surface area contributed by atoms with Crippen LogP contribution in [0.1, 0.15) is 37.4 Å². The highest BCUT2D eigenvalue weighted by molar-refractivity contribution is 7.09.